The van der Waals surface area contributed by atoms with Crippen molar-refractivity contribution in [2.24, 2.45) is 4.99 Å². The van der Waals surface area contributed by atoms with Crippen LogP contribution < -0.4 is 4.80 Å². The van der Waals surface area contributed by atoms with Crippen LogP contribution in [0.4, 0.5) is 8.78 Å². The molecule has 132 valence electrons. The Morgan fingerprint density at radius 1 is 1.40 bits per heavy atom. The molecule has 0 aliphatic rings. The highest BCUT2D eigenvalue weighted by atomic mass is 32.1. The van der Waals surface area contributed by atoms with Crippen molar-refractivity contribution in [3.63, 3.8) is 0 Å². The van der Waals surface area contributed by atoms with Gasteiger partial charge in [0, 0.05) is 25.3 Å². The molecule has 6 nitrogen and oxygen atoms in total. The van der Waals surface area contributed by atoms with Crippen LogP contribution in [0, 0.1) is 18.6 Å². The molecule has 2 aromatic heterocycles. The van der Waals surface area contributed by atoms with Gasteiger partial charge in [-0.15, -0.1) is 0 Å². The average Bonchev–Trinajstić information content (AvgIpc) is 3.12. The van der Waals surface area contributed by atoms with Gasteiger partial charge in [-0.05, 0) is 19.9 Å². The third-order valence-electron chi connectivity index (χ3n) is 3.40. The number of nitrogens with zero attached hydrogens (tertiary/aromatic N) is 3. The van der Waals surface area contributed by atoms with E-state index in [1.165, 1.54) is 16.7 Å². The van der Waals surface area contributed by atoms with Crippen LogP contribution in [0.2, 0.25) is 0 Å². The summed E-state index contributed by atoms with van der Waals surface area (Å²) < 4.78 is 39.8. The molecule has 0 bridgehead atoms. The number of aryl methyl sites for hydroxylation is 1. The normalized spacial score (nSPS) is 12.2. The first-order valence-electron chi connectivity index (χ1n) is 7.58. The summed E-state index contributed by atoms with van der Waals surface area (Å²) in [6.07, 6.45) is 0. The maximum absolute atomic E-state index is 14.2. The number of carbonyl (C=O) groups excluding carboxylic acids is 1. The van der Waals surface area contributed by atoms with Gasteiger partial charge in [0.15, 0.2) is 16.3 Å². The number of fused-ring (bicyclic) bond motifs is 1. The second-order valence-electron chi connectivity index (χ2n) is 5.21. The first-order valence-corrected chi connectivity index (χ1v) is 8.39. The highest BCUT2D eigenvalue weighted by Gasteiger charge is 2.15. The van der Waals surface area contributed by atoms with Crippen LogP contribution in [0.5, 0.6) is 0 Å². The quantitative estimate of drug-likeness (QED) is 0.650. The number of amides is 1. The van der Waals surface area contributed by atoms with Crippen molar-refractivity contribution >= 4 is 27.5 Å². The van der Waals surface area contributed by atoms with E-state index >= 15 is 0 Å². The smallest absolute Gasteiger partial charge is 0.301 e. The zero-order valence-electron chi connectivity index (χ0n) is 13.6. The lowest BCUT2D eigenvalue weighted by molar-refractivity contribution is 0.0988. The zero-order chi connectivity index (χ0) is 18.0. The Kier molecular flexibility index (Phi) is 5.05. The van der Waals surface area contributed by atoms with Gasteiger partial charge in [0.25, 0.3) is 0 Å². The van der Waals surface area contributed by atoms with Crippen LogP contribution in [-0.2, 0) is 11.3 Å². The molecule has 0 spiro atoms. The summed E-state index contributed by atoms with van der Waals surface area (Å²) in [7, 11) is 0. The minimum absolute atomic E-state index is 0.0537. The molecule has 0 fully saturated rings. The summed E-state index contributed by atoms with van der Waals surface area (Å²) in [5.74, 6) is -1.54. The van der Waals surface area contributed by atoms with Gasteiger partial charge in [0.2, 0.25) is 0 Å². The lowest BCUT2D eigenvalue weighted by Gasteiger charge is -2.06. The number of hydrogen-bond acceptors (Lipinski definition) is 5. The minimum atomic E-state index is -0.714. The van der Waals surface area contributed by atoms with E-state index in [0.29, 0.717) is 23.7 Å². The number of carbonyl (C=O) groups is 1. The highest BCUT2D eigenvalue weighted by molar-refractivity contribution is 7.16. The van der Waals surface area contributed by atoms with Crippen molar-refractivity contribution in [1.29, 1.82) is 0 Å². The summed E-state index contributed by atoms with van der Waals surface area (Å²) in [5, 5.41) is 3.62. The maximum Gasteiger partial charge on any atom is 0.301 e. The van der Waals surface area contributed by atoms with Crippen molar-refractivity contribution in [3.8, 4) is 0 Å². The molecule has 0 aliphatic heterocycles. The van der Waals surface area contributed by atoms with Crippen LogP contribution in [-0.4, -0.2) is 28.8 Å². The summed E-state index contributed by atoms with van der Waals surface area (Å²) >= 11 is 1.02. The van der Waals surface area contributed by atoms with Gasteiger partial charge in [-0.3, -0.25) is 4.79 Å². The van der Waals surface area contributed by atoms with E-state index in [9.17, 15) is 13.6 Å². The first kappa shape index (κ1) is 17.4. The number of thiazole rings is 1. The first-order chi connectivity index (χ1) is 12.0. The number of hydrogen-bond donors (Lipinski definition) is 0. The van der Waals surface area contributed by atoms with Gasteiger partial charge < -0.3 is 13.8 Å². The molecule has 0 N–H and O–H groups in total. The van der Waals surface area contributed by atoms with Gasteiger partial charge in [-0.2, -0.15) is 4.99 Å². The predicted molar refractivity (Wildman–Crippen MR) is 87.4 cm³/mol. The fourth-order valence-corrected chi connectivity index (χ4v) is 3.43. The molecule has 0 saturated carbocycles. The summed E-state index contributed by atoms with van der Waals surface area (Å²) in [4.78, 5) is 16.5. The Balaban J connectivity index is 2.12. The van der Waals surface area contributed by atoms with Crippen LogP contribution in [0.25, 0.3) is 10.2 Å². The molecule has 3 rings (SSSR count). The Labute approximate surface area is 145 Å². The topological polar surface area (TPSA) is 69.6 Å². The summed E-state index contributed by atoms with van der Waals surface area (Å²) in [6, 6.07) is 3.48. The van der Waals surface area contributed by atoms with E-state index in [0.717, 1.165) is 17.4 Å². The van der Waals surface area contributed by atoms with Gasteiger partial charge >= 0.3 is 5.91 Å². The largest absolute Gasteiger partial charge is 0.380 e. The molecular formula is C16H15F2N3O3S. The van der Waals surface area contributed by atoms with Gasteiger partial charge in [0.1, 0.15) is 11.6 Å². The summed E-state index contributed by atoms with van der Waals surface area (Å²) in [5.41, 5.74) is 0.243. The minimum Gasteiger partial charge on any atom is -0.380 e. The van der Waals surface area contributed by atoms with Crippen molar-refractivity contribution in [1.82, 2.24) is 9.72 Å². The zero-order valence-corrected chi connectivity index (χ0v) is 14.4. The molecule has 0 atom stereocenters. The molecule has 2 heterocycles. The monoisotopic (exact) mass is 367 g/mol. The SMILES string of the molecule is CCOCCn1c(=NC(=O)c2cc(C)on2)sc2cc(F)cc(F)c21. The van der Waals surface area contributed by atoms with Crippen molar-refractivity contribution in [2.75, 3.05) is 13.2 Å². The van der Waals surface area contributed by atoms with E-state index in [1.54, 1.807) is 6.92 Å². The molecule has 25 heavy (non-hydrogen) atoms. The van der Waals surface area contributed by atoms with Gasteiger partial charge in [0.05, 0.1) is 16.8 Å². The van der Waals surface area contributed by atoms with E-state index < -0.39 is 17.5 Å². The van der Waals surface area contributed by atoms with E-state index in [1.807, 2.05) is 6.92 Å². The third kappa shape index (κ3) is 3.67. The Morgan fingerprint density at radius 2 is 2.20 bits per heavy atom. The molecule has 9 heteroatoms. The number of ether oxygens (including phenoxy) is 1. The summed E-state index contributed by atoms with van der Waals surface area (Å²) in [6.45, 7) is 4.59. The standard InChI is InChI=1S/C16H15F2N3O3S/c1-3-23-5-4-21-14-11(18)7-10(17)8-13(14)25-16(21)19-15(22)12-6-9(2)24-20-12/h6-8H,3-5H2,1-2H3. The van der Waals surface area contributed by atoms with Crippen LogP contribution in [0.1, 0.15) is 23.2 Å². The number of aromatic nitrogens is 2. The van der Waals surface area contributed by atoms with Crippen molar-refractivity contribution in [2.45, 2.75) is 20.4 Å². The van der Waals surface area contributed by atoms with E-state index in [2.05, 4.69) is 10.1 Å². The fourth-order valence-electron chi connectivity index (χ4n) is 2.33. The number of benzene rings is 1. The van der Waals surface area contributed by atoms with Crippen molar-refractivity contribution in [3.05, 3.63) is 46.1 Å². The number of halogens is 2. The molecule has 3 aromatic rings. The Hall–Kier alpha value is -2.39. The molecule has 1 aromatic carbocycles. The predicted octanol–water partition coefficient (Wildman–Crippen LogP) is 3.06. The average molecular weight is 367 g/mol. The second-order valence-corrected chi connectivity index (χ2v) is 6.22. The molecule has 0 unspecified atom stereocenters. The number of rotatable bonds is 5. The molecule has 0 radical (unpaired) electrons. The van der Waals surface area contributed by atoms with E-state index in [4.69, 9.17) is 9.26 Å². The molecule has 0 aliphatic carbocycles. The van der Waals surface area contributed by atoms with E-state index in [-0.39, 0.29) is 22.6 Å². The highest BCUT2D eigenvalue weighted by Crippen LogP contribution is 2.22. The third-order valence-corrected chi connectivity index (χ3v) is 4.43. The van der Waals surface area contributed by atoms with Crippen LogP contribution in [0.15, 0.2) is 27.7 Å². The van der Waals surface area contributed by atoms with Gasteiger partial charge in [-0.1, -0.05) is 16.5 Å². The van der Waals surface area contributed by atoms with Crippen LogP contribution >= 0.6 is 11.3 Å². The van der Waals surface area contributed by atoms with Gasteiger partial charge in [-0.25, -0.2) is 8.78 Å². The fraction of sp³-hybridized carbons (Fsp3) is 0.312. The lowest BCUT2D eigenvalue weighted by Crippen LogP contribution is -2.20. The van der Waals surface area contributed by atoms with Crippen molar-refractivity contribution < 1.29 is 22.8 Å². The van der Waals surface area contributed by atoms with Crippen LogP contribution in [0.3, 0.4) is 0 Å². The molecule has 1 amide bonds. The Morgan fingerprint density at radius 3 is 2.88 bits per heavy atom. The Bertz CT molecular complexity index is 990. The molecule has 0 saturated heterocycles. The second kappa shape index (κ2) is 7.24. The lowest BCUT2D eigenvalue weighted by atomic mass is 10.3. The maximum atomic E-state index is 14.2. The molecular weight excluding hydrogens is 352 g/mol.